The zero-order chi connectivity index (χ0) is 13.8. The molecule has 2 nitrogen and oxygen atoms in total. The fourth-order valence-corrected chi connectivity index (χ4v) is 2.72. The number of benzene rings is 2. The van der Waals surface area contributed by atoms with Crippen molar-refractivity contribution in [3.05, 3.63) is 71.8 Å². The predicted molar refractivity (Wildman–Crippen MR) is 80.1 cm³/mol. The summed E-state index contributed by atoms with van der Waals surface area (Å²) in [5, 5.41) is 0. The molecule has 2 unspecified atom stereocenters. The molecule has 1 aliphatic rings. The Morgan fingerprint density at radius 2 is 1.50 bits per heavy atom. The first kappa shape index (κ1) is 13.6. The summed E-state index contributed by atoms with van der Waals surface area (Å²) in [7, 11) is 0. The summed E-state index contributed by atoms with van der Waals surface area (Å²) in [6.45, 7) is 0.560. The molecule has 1 heterocycles. The second-order valence-corrected chi connectivity index (χ2v) is 5.22. The molecule has 3 rings (SSSR count). The molecular formula is C17H17ClO2. The molecule has 1 saturated heterocycles. The van der Waals surface area contributed by atoms with E-state index in [1.54, 1.807) is 0 Å². The summed E-state index contributed by atoms with van der Waals surface area (Å²) < 4.78 is 11.7. The maximum Gasteiger partial charge on any atom is 0.169 e. The third kappa shape index (κ3) is 2.88. The van der Waals surface area contributed by atoms with Crippen molar-refractivity contribution in [1.82, 2.24) is 0 Å². The maximum absolute atomic E-state index is 5.93. The third-order valence-electron chi connectivity index (χ3n) is 3.53. The first-order chi connectivity index (χ1) is 9.88. The number of hydrogen-bond donors (Lipinski definition) is 0. The van der Waals surface area contributed by atoms with Gasteiger partial charge in [-0.25, -0.2) is 0 Å². The third-order valence-corrected chi connectivity index (χ3v) is 3.88. The van der Waals surface area contributed by atoms with Crippen LogP contribution in [0.4, 0.5) is 0 Å². The van der Waals surface area contributed by atoms with Crippen LogP contribution in [-0.2, 0) is 9.47 Å². The quantitative estimate of drug-likeness (QED) is 0.797. The Morgan fingerprint density at radius 1 is 0.950 bits per heavy atom. The summed E-state index contributed by atoms with van der Waals surface area (Å²) in [5.74, 6) is 0.540. The van der Waals surface area contributed by atoms with Crippen molar-refractivity contribution in [2.75, 3.05) is 12.5 Å². The van der Waals surface area contributed by atoms with E-state index in [9.17, 15) is 0 Å². The van der Waals surface area contributed by atoms with Crippen molar-refractivity contribution in [1.29, 1.82) is 0 Å². The van der Waals surface area contributed by atoms with Gasteiger partial charge in [0.25, 0.3) is 0 Å². The average molecular weight is 289 g/mol. The number of rotatable bonds is 4. The Balaban J connectivity index is 1.93. The molecule has 2 atom stereocenters. The van der Waals surface area contributed by atoms with E-state index in [-0.39, 0.29) is 18.3 Å². The van der Waals surface area contributed by atoms with Gasteiger partial charge in [0.15, 0.2) is 6.29 Å². The molecule has 1 aliphatic heterocycles. The second-order valence-electron chi connectivity index (χ2n) is 4.91. The molecule has 0 amide bonds. The molecule has 20 heavy (non-hydrogen) atoms. The lowest BCUT2D eigenvalue weighted by atomic mass is 9.91. The van der Waals surface area contributed by atoms with E-state index in [1.807, 2.05) is 36.4 Å². The van der Waals surface area contributed by atoms with E-state index in [1.165, 1.54) is 11.1 Å². The molecule has 0 spiro atoms. The molecule has 0 N–H and O–H groups in total. The van der Waals surface area contributed by atoms with Crippen molar-refractivity contribution < 1.29 is 9.47 Å². The van der Waals surface area contributed by atoms with Crippen LogP contribution in [0.25, 0.3) is 0 Å². The van der Waals surface area contributed by atoms with Gasteiger partial charge >= 0.3 is 0 Å². The fraction of sp³-hybridized carbons (Fsp3) is 0.294. The first-order valence-electron chi connectivity index (χ1n) is 6.81. The van der Waals surface area contributed by atoms with E-state index in [4.69, 9.17) is 21.1 Å². The van der Waals surface area contributed by atoms with Crippen LogP contribution >= 0.6 is 11.6 Å². The molecule has 2 aromatic carbocycles. The number of hydrogen-bond acceptors (Lipinski definition) is 2. The standard InChI is InChI=1S/C17H17ClO2/c18-11-15-12-19-17(20-15)16(13-7-3-1-4-8-13)14-9-5-2-6-10-14/h1-10,15-17H,11-12H2. The molecule has 2 aromatic rings. The minimum atomic E-state index is -0.274. The number of ether oxygens (including phenoxy) is 2. The van der Waals surface area contributed by atoms with Gasteiger partial charge in [-0.15, -0.1) is 11.6 Å². The van der Waals surface area contributed by atoms with Gasteiger partial charge in [-0.05, 0) is 11.1 Å². The Hall–Kier alpha value is -1.35. The van der Waals surface area contributed by atoms with Crippen LogP contribution in [0, 0.1) is 0 Å². The molecule has 0 saturated carbocycles. The second kappa shape index (κ2) is 6.40. The highest BCUT2D eigenvalue weighted by Crippen LogP contribution is 2.33. The largest absolute Gasteiger partial charge is 0.349 e. The van der Waals surface area contributed by atoms with Gasteiger partial charge in [-0.2, -0.15) is 0 Å². The predicted octanol–water partition coefficient (Wildman–Crippen LogP) is 3.80. The maximum atomic E-state index is 5.93. The monoisotopic (exact) mass is 288 g/mol. The van der Waals surface area contributed by atoms with Crippen LogP contribution in [0.5, 0.6) is 0 Å². The van der Waals surface area contributed by atoms with Crippen LogP contribution in [0.15, 0.2) is 60.7 Å². The normalized spacial score (nSPS) is 22.3. The summed E-state index contributed by atoms with van der Waals surface area (Å²) >= 11 is 5.86. The van der Waals surface area contributed by atoms with Gasteiger partial charge in [-0.1, -0.05) is 60.7 Å². The van der Waals surface area contributed by atoms with Gasteiger partial charge in [-0.3, -0.25) is 0 Å². The molecule has 0 bridgehead atoms. The first-order valence-corrected chi connectivity index (χ1v) is 7.35. The zero-order valence-corrected chi connectivity index (χ0v) is 11.9. The lowest BCUT2D eigenvalue weighted by Gasteiger charge is -2.23. The smallest absolute Gasteiger partial charge is 0.169 e. The van der Waals surface area contributed by atoms with Crippen LogP contribution < -0.4 is 0 Å². The number of halogens is 1. The van der Waals surface area contributed by atoms with Gasteiger partial charge in [0, 0.05) is 0 Å². The summed E-state index contributed by atoms with van der Waals surface area (Å²) in [6.07, 6.45) is -0.292. The van der Waals surface area contributed by atoms with E-state index in [2.05, 4.69) is 24.3 Å². The Morgan fingerprint density at radius 3 is 1.95 bits per heavy atom. The average Bonchev–Trinajstić information content (AvgIpc) is 2.98. The SMILES string of the molecule is ClCC1COC(C(c2ccccc2)c2ccccc2)O1. The lowest BCUT2D eigenvalue weighted by Crippen LogP contribution is -2.22. The minimum absolute atomic E-state index is 0.0170. The Bertz CT molecular complexity index is 490. The Kier molecular flexibility index (Phi) is 4.36. The molecule has 3 heteroatoms. The topological polar surface area (TPSA) is 18.5 Å². The molecule has 1 fully saturated rings. The van der Waals surface area contributed by atoms with Crippen LogP contribution in [0.3, 0.4) is 0 Å². The van der Waals surface area contributed by atoms with Crippen molar-refractivity contribution >= 4 is 11.6 Å². The van der Waals surface area contributed by atoms with Crippen LogP contribution in [0.1, 0.15) is 17.0 Å². The van der Waals surface area contributed by atoms with Gasteiger partial charge in [0.05, 0.1) is 24.5 Å². The zero-order valence-electron chi connectivity index (χ0n) is 11.1. The van der Waals surface area contributed by atoms with Crippen molar-refractivity contribution in [3.8, 4) is 0 Å². The van der Waals surface area contributed by atoms with Crippen molar-refractivity contribution in [2.45, 2.75) is 18.3 Å². The van der Waals surface area contributed by atoms with E-state index in [0.29, 0.717) is 12.5 Å². The minimum Gasteiger partial charge on any atom is -0.349 e. The highest BCUT2D eigenvalue weighted by atomic mass is 35.5. The summed E-state index contributed by atoms with van der Waals surface area (Å²) in [5.41, 5.74) is 2.39. The summed E-state index contributed by atoms with van der Waals surface area (Å²) in [6, 6.07) is 20.6. The van der Waals surface area contributed by atoms with Crippen molar-refractivity contribution in [2.24, 2.45) is 0 Å². The van der Waals surface area contributed by atoms with E-state index < -0.39 is 0 Å². The molecular weight excluding hydrogens is 272 g/mol. The number of alkyl halides is 1. The summed E-state index contributed by atoms with van der Waals surface area (Å²) in [4.78, 5) is 0. The van der Waals surface area contributed by atoms with E-state index in [0.717, 1.165) is 0 Å². The molecule has 0 aliphatic carbocycles. The molecule has 104 valence electrons. The lowest BCUT2D eigenvalue weighted by molar-refractivity contribution is -0.0642. The van der Waals surface area contributed by atoms with Gasteiger partial charge < -0.3 is 9.47 Å². The van der Waals surface area contributed by atoms with Crippen LogP contribution in [-0.4, -0.2) is 24.9 Å². The van der Waals surface area contributed by atoms with Gasteiger partial charge in [0.2, 0.25) is 0 Å². The van der Waals surface area contributed by atoms with Gasteiger partial charge in [0.1, 0.15) is 0 Å². The highest BCUT2D eigenvalue weighted by molar-refractivity contribution is 6.18. The van der Waals surface area contributed by atoms with E-state index >= 15 is 0 Å². The fourth-order valence-electron chi connectivity index (χ4n) is 2.55. The molecule has 0 aromatic heterocycles. The van der Waals surface area contributed by atoms with Crippen LogP contribution in [0.2, 0.25) is 0 Å². The highest BCUT2D eigenvalue weighted by Gasteiger charge is 2.34. The Labute approximate surface area is 124 Å². The van der Waals surface area contributed by atoms with Crippen molar-refractivity contribution in [3.63, 3.8) is 0 Å². The molecule has 0 radical (unpaired) electrons.